The molecule has 1 amide bonds. The first kappa shape index (κ1) is 21.4. The van der Waals surface area contributed by atoms with E-state index in [1.54, 1.807) is 14.2 Å². The van der Waals surface area contributed by atoms with Crippen molar-refractivity contribution < 1.29 is 19.0 Å². The van der Waals surface area contributed by atoms with E-state index in [1.807, 2.05) is 58.2 Å². The number of carbonyl (C=O) groups excluding carboxylic acids is 1. The third-order valence-corrected chi connectivity index (χ3v) is 5.73. The maximum Gasteiger partial charge on any atom is 0.257 e. The molecule has 3 aromatic rings. The summed E-state index contributed by atoms with van der Waals surface area (Å²) in [6, 6.07) is 13.6. The summed E-state index contributed by atoms with van der Waals surface area (Å²) in [7, 11) is 3.19. The number of methoxy groups -OCH3 is 2. The highest BCUT2D eigenvalue weighted by Gasteiger charge is 2.25. The predicted molar refractivity (Wildman–Crippen MR) is 121 cm³/mol. The molecule has 0 atom stereocenters. The maximum atomic E-state index is 13.3. The van der Waals surface area contributed by atoms with E-state index in [2.05, 4.69) is 15.9 Å². The number of rotatable bonds is 6. The normalized spacial score (nSPS) is 13.8. The van der Waals surface area contributed by atoms with Gasteiger partial charge in [0, 0.05) is 29.3 Å². The molecule has 1 fully saturated rings. The van der Waals surface area contributed by atoms with Crippen molar-refractivity contribution in [2.75, 3.05) is 40.5 Å². The van der Waals surface area contributed by atoms with Gasteiger partial charge in [0.1, 0.15) is 5.69 Å². The molecule has 31 heavy (non-hydrogen) atoms. The number of hydrogen-bond donors (Lipinski definition) is 0. The molecule has 0 unspecified atom stereocenters. The monoisotopic (exact) mass is 485 g/mol. The Kier molecular flexibility index (Phi) is 6.58. The van der Waals surface area contributed by atoms with Crippen molar-refractivity contribution in [2.45, 2.75) is 6.54 Å². The molecular weight excluding hydrogens is 462 g/mol. The lowest BCUT2D eigenvalue weighted by Gasteiger charge is -2.26. The standard InChI is InChI=1S/C23H24BrN3O4/c1-29-20-8-5-17(13-21(20)30-2)22-19(23(28)26-9-11-31-12-10-26)15-27(25-22)14-16-3-6-18(24)7-4-16/h3-8,13,15H,9-12,14H2,1-2H3. The number of halogens is 1. The molecule has 1 saturated heterocycles. The number of benzene rings is 2. The lowest BCUT2D eigenvalue weighted by molar-refractivity contribution is 0.0303. The third-order valence-electron chi connectivity index (χ3n) is 5.21. The van der Waals surface area contributed by atoms with E-state index in [4.69, 9.17) is 19.3 Å². The zero-order chi connectivity index (χ0) is 21.8. The highest BCUT2D eigenvalue weighted by Crippen LogP contribution is 2.33. The summed E-state index contributed by atoms with van der Waals surface area (Å²) in [6.45, 7) is 2.79. The van der Waals surface area contributed by atoms with Gasteiger partial charge in [-0.25, -0.2) is 0 Å². The van der Waals surface area contributed by atoms with Crippen LogP contribution in [0.3, 0.4) is 0 Å². The fraction of sp³-hybridized carbons (Fsp3) is 0.304. The minimum atomic E-state index is -0.0462. The van der Waals surface area contributed by atoms with Crippen molar-refractivity contribution in [3.63, 3.8) is 0 Å². The van der Waals surface area contributed by atoms with E-state index < -0.39 is 0 Å². The molecule has 0 spiro atoms. The highest BCUT2D eigenvalue weighted by atomic mass is 79.9. The summed E-state index contributed by atoms with van der Waals surface area (Å²) in [6.07, 6.45) is 1.83. The number of amides is 1. The number of hydrogen-bond acceptors (Lipinski definition) is 5. The Morgan fingerprint density at radius 2 is 1.77 bits per heavy atom. The lowest BCUT2D eigenvalue weighted by atomic mass is 10.1. The van der Waals surface area contributed by atoms with Crippen molar-refractivity contribution in [3.05, 3.63) is 64.3 Å². The van der Waals surface area contributed by atoms with Crippen LogP contribution >= 0.6 is 15.9 Å². The van der Waals surface area contributed by atoms with Crippen molar-refractivity contribution in [2.24, 2.45) is 0 Å². The average molecular weight is 486 g/mol. The van der Waals surface area contributed by atoms with E-state index in [0.29, 0.717) is 55.6 Å². The van der Waals surface area contributed by atoms with Crippen LogP contribution in [-0.2, 0) is 11.3 Å². The van der Waals surface area contributed by atoms with E-state index in [1.165, 1.54) is 0 Å². The summed E-state index contributed by atoms with van der Waals surface area (Å²) in [5, 5.41) is 4.77. The van der Waals surface area contributed by atoms with Crippen molar-refractivity contribution in [1.82, 2.24) is 14.7 Å². The molecular formula is C23H24BrN3O4. The van der Waals surface area contributed by atoms with Crippen molar-refractivity contribution in [1.29, 1.82) is 0 Å². The lowest BCUT2D eigenvalue weighted by Crippen LogP contribution is -2.40. The van der Waals surface area contributed by atoms with Crippen LogP contribution in [0, 0.1) is 0 Å². The van der Waals surface area contributed by atoms with Crippen LogP contribution in [0.5, 0.6) is 11.5 Å². The first-order valence-corrected chi connectivity index (χ1v) is 10.8. The summed E-state index contributed by atoms with van der Waals surface area (Å²) >= 11 is 3.46. The number of nitrogens with zero attached hydrogens (tertiary/aromatic N) is 3. The second kappa shape index (κ2) is 9.53. The Morgan fingerprint density at radius 3 is 2.45 bits per heavy atom. The van der Waals surface area contributed by atoms with Crippen LogP contribution in [0.15, 0.2) is 53.1 Å². The first-order valence-electron chi connectivity index (χ1n) is 10.0. The average Bonchev–Trinajstić information content (AvgIpc) is 3.23. The number of morpholine rings is 1. The molecule has 0 bridgehead atoms. The second-order valence-electron chi connectivity index (χ2n) is 7.19. The van der Waals surface area contributed by atoms with E-state index in [-0.39, 0.29) is 5.91 Å². The largest absolute Gasteiger partial charge is 0.493 e. The van der Waals surface area contributed by atoms with Gasteiger partial charge in [-0.3, -0.25) is 9.48 Å². The number of ether oxygens (including phenoxy) is 3. The Labute approximate surface area is 189 Å². The van der Waals surface area contributed by atoms with Crippen LogP contribution in [0.25, 0.3) is 11.3 Å². The molecule has 4 rings (SSSR count). The predicted octanol–water partition coefficient (Wildman–Crippen LogP) is 3.85. The Bertz CT molecular complexity index is 1060. The fourth-order valence-corrected chi connectivity index (χ4v) is 3.83. The topological polar surface area (TPSA) is 65.8 Å². The Balaban J connectivity index is 1.73. The molecule has 0 N–H and O–H groups in total. The minimum Gasteiger partial charge on any atom is -0.493 e. The molecule has 2 aromatic carbocycles. The first-order chi connectivity index (χ1) is 15.1. The van der Waals surface area contributed by atoms with Gasteiger partial charge in [0.25, 0.3) is 5.91 Å². The minimum absolute atomic E-state index is 0.0462. The van der Waals surface area contributed by atoms with Gasteiger partial charge < -0.3 is 19.1 Å². The van der Waals surface area contributed by atoms with Gasteiger partial charge in [0.2, 0.25) is 0 Å². The maximum absolute atomic E-state index is 13.3. The van der Waals surface area contributed by atoms with Crippen LogP contribution in [-0.4, -0.2) is 61.1 Å². The van der Waals surface area contributed by atoms with Crippen molar-refractivity contribution >= 4 is 21.8 Å². The summed E-state index contributed by atoms with van der Waals surface area (Å²) in [5.41, 5.74) is 3.07. The molecule has 162 valence electrons. The van der Waals surface area contributed by atoms with Gasteiger partial charge in [-0.05, 0) is 35.9 Å². The molecule has 2 heterocycles. The molecule has 1 aromatic heterocycles. The van der Waals surface area contributed by atoms with Crippen LogP contribution < -0.4 is 9.47 Å². The third kappa shape index (κ3) is 4.75. The van der Waals surface area contributed by atoms with Gasteiger partial charge in [-0.1, -0.05) is 28.1 Å². The van der Waals surface area contributed by atoms with E-state index >= 15 is 0 Å². The van der Waals surface area contributed by atoms with Gasteiger partial charge in [0.05, 0.1) is 39.5 Å². The Morgan fingerprint density at radius 1 is 1.06 bits per heavy atom. The zero-order valence-corrected chi connectivity index (χ0v) is 19.1. The van der Waals surface area contributed by atoms with Crippen LogP contribution in [0.2, 0.25) is 0 Å². The molecule has 1 aliphatic rings. The number of aromatic nitrogens is 2. The van der Waals surface area contributed by atoms with E-state index in [0.717, 1.165) is 15.6 Å². The Hall–Kier alpha value is -2.84. The van der Waals surface area contributed by atoms with Gasteiger partial charge >= 0.3 is 0 Å². The molecule has 0 saturated carbocycles. The van der Waals surface area contributed by atoms with Crippen LogP contribution in [0.1, 0.15) is 15.9 Å². The zero-order valence-electron chi connectivity index (χ0n) is 17.5. The SMILES string of the molecule is COc1ccc(-c2nn(Cc3ccc(Br)cc3)cc2C(=O)N2CCOCC2)cc1OC. The second-order valence-corrected chi connectivity index (χ2v) is 8.11. The summed E-state index contributed by atoms with van der Waals surface area (Å²) in [4.78, 5) is 15.2. The highest BCUT2D eigenvalue weighted by molar-refractivity contribution is 9.10. The van der Waals surface area contributed by atoms with E-state index in [9.17, 15) is 4.79 Å². The van der Waals surface area contributed by atoms with Crippen molar-refractivity contribution in [3.8, 4) is 22.8 Å². The fourth-order valence-electron chi connectivity index (χ4n) is 3.57. The molecule has 0 radical (unpaired) electrons. The van der Waals surface area contributed by atoms with Gasteiger partial charge in [0.15, 0.2) is 11.5 Å². The summed E-state index contributed by atoms with van der Waals surface area (Å²) < 4.78 is 19.0. The van der Waals surface area contributed by atoms with Gasteiger partial charge in [-0.2, -0.15) is 5.10 Å². The van der Waals surface area contributed by atoms with Crippen LogP contribution in [0.4, 0.5) is 0 Å². The van der Waals surface area contributed by atoms with Gasteiger partial charge in [-0.15, -0.1) is 0 Å². The number of carbonyl (C=O) groups is 1. The molecule has 0 aliphatic carbocycles. The molecule has 7 nitrogen and oxygen atoms in total. The smallest absolute Gasteiger partial charge is 0.257 e. The summed E-state index contributed by atoms with van der Waals surface area (Å²) in [5.74, 6) is 1.17. The quantitative estimate of drug-likeness (QED) is 0.530. The molecule has 8 heteroatoms. The molecule has 1 aliphatic heterocycles.